The Kier molecular flexibility index (Phi) is 6.47. The van der Waals surface area contributed by atoms with Crippen LogP contribution in [0.3, 0.4) is 0 Å². The van der Waals surface area contributed by atoms with Gasteiger partial charge in [-0.05, 0) is 13.3 Å². The van der Waals surface area contributed by atoms with Crippen LogP contribution in [0.25, 0.3) is 11.0 Å². The molecule has 0 spiro atoms. The molecule has 0 unspecified atom stereocenters. The van der Waals surface area contributed by atoms with Gasteiger partial charge in [0, 0.05) is 76.7 Å². The van der Waals surface area contributed by atoms with Crippen LogP contribution in [0.4, 0.5) is 10.5 Å². The minimum Gasteiger partial charge on any atom is -0.379 e. The van der Waals surface area contributed by atoms with Crippen LogP contribution in [-0.2, 0) is 6.54 Å². The van der Waals surface area contributed by atoms with E-state index in [1.54, 1.807) is 29.0 Å². The number of nitrogens with one attached hydrogen (secondary N) is 2. The molecule has 3 rings (SSSR count). The van der Waals surface area contributed by atoms with Gasteiger partial charge in [0.1, 0.15) is 0 Å². The van der Waals surface area contributed by atoms with Gasteiger partial charge in [0.25, 0.3) is 5.91 Å². The molecule has 9 nitrogen and oxygen atoms in total. The molecule has 10 heteroatoms. The van der Waals surface area contributed by atoms with Crippen molar-refractivity contribution in [2.75, 3.05) is 25.5 Å². The van der Waals surface area contributed by atoms with Crippen LogP contribution in [0.5, 0.6) is 0 Å². The summed E-state index contributed by atoms with van der Waals surface area (Å²) in [4.78, 5) is 29.5. The molecular weight excluding hydrogens is 350 g/mol. The predicted molar refractivity (Wildman–Crippen MR) is 89.8 cm³/mol. The molecule has 0 radical (unpaired) electrons. The molecule has 0 aromatic carbocycles. The van der Waals surface area contributed by atoms with Gasteiger partial charge in [0.05, 0.1) is 22.8 Å². The maximum atomic E-state index is 12.2. The Labute approximate surface area is 175 Å². The zero-order valence-corrected chi connectivity index (χ0v) is 14.8. The Balaban J connectivity index is 0.00000225. The number of likely N-dealkylation sites (tertiary alicyclic amines) is 1. The first-order chi connectivity index (χ1) is 11.5. The summed E-state index contributed by atoms with van der Waals surface area (Å²) in [5, 5.41) is 11.1. The number of pyridine rings is 1. The van der Waals surface area contributed by atoms with E-state index in [9.17, 15) is 9.59 Å². The number of fused-ring (bicyclic) bond motifs is 1. The monoisotopic (exact) mass is 371 g/mol. The first-order valence-electron chi connectivity index (χ1n) is 7.92. The third-order valence-electron chi connectivity index (χ3n) is 4.29. The molecular formula is C15H21ArN7O2. The number of aromatic nitrogens is 3. The van der Waals surface area contributed by atoms with E-state index < -0.39 is 6.03 Å². The van der Waals surface area contributed by atoms with Gasteiger partial charge < -0.3 is 21.3 Å². The van der Waals surface area contributed by atoms with Crippen LogP contribution in [0, 0.1) is 37.7 Å². The standard InChI is InChI=1S/C15H21N7O2.Ar/c1-3-22-13-10(7-19-22)12(11(6-18-13)14(23)17-2)20-9-4-5-21(8-9)15(16)24;/h6-7,9H,3-5,8H2,1-2H3,(H2,16,24)(H,17,23)(H,18,20);/t9-;/m0./s1. The molecule has 2 aromatic rings. The number of urea groups is 1. The number of primary amides is 1. The largest absolute Gasteiger partial charge is 0.379 e. The van der Waals surface area contributed by atoms with Gasteiger partial charge in [0.15, 0.2) is 5.65 Å². The molecule has 0 saturated carbocycles. The fourth-order valence-corrected chi connectivity index (χ4v) is 3.00. The van der Waals surface area contributed by atoms with Crippen molar-refractivity contribution in [2.24, 2.45) is 5.73 Å². The van der Waals surface area contributed by atoms with Crippen LogP contribution in [0.15, 0.2) is 12.4 Å². The van der Waals surface area contributed by atoms with Gasteiger partial charge in [-0.3, -0.25) is 4.79 Å². The molecule has 4 N–H and O–H groups in total. The number of anilines is 1. The second kappa shape index (κ2) is 8.20. The molecule has 1 fully saturated rings. The first kappa shape index (κ1) is 19.7. The molecule has 2 aromatic heterocycles. The van der Waals surface area contributed by atoms with Crippen LogP contribution in [0.2, 0.25) is 0 Å². The Bertz CT molecular complexity index is 792. The number of rotatable bonds is 4. The van der Waals surface area contributed by atoms with Crippen LogP contribution in [0.1, 0.15) is 23.7 Å². The molecule has 0 bridgehead atoms. The molecule has 0 aliphatic carbocycles. The topological polar surface area (TPSA) is 118 Å². The summed E-state index contributed by atoms with van der Waals surface area (Å²) in [7, 11) is 1.58. The number of carbonyl (C=O) groups excluding carboxylic acids is 2. The molecule has 136 valence electrons. The Hall–Kier alpha value is -1.58. The van der Waals surface area contributed by atoms with E-state index in [0.717, 1.165) is 17.5 Å². The second-order valence-corrected chi connectivity index (χ2v) is 5.74. The number of nitrogens with zero attached hydrogens (tertiary/aromatic N) is 4. The number of aryl methyl sites for hydroxylation is 1. The number of amides is 3. The third-order valence-corrected chi connectivity index (χ3v) is 4.29. The SMILES string of the molecule is CCn1ncc2c(N[C@H]3CCN(C(N)=O)C3)c(C(=O)NC)cnc21.[Ar]. The van der Waals surface area contributed by atoms with Crippen LogP contribution in [-0.4, -0.2) is 57.8 Å². The Morgan fingerprint density at radius 1 is 1.40 bits per heavy atom. The molecule has 1 atom stereocenters. The fraction of sp³-hybridized carbons (Fsp3) is 0.467. The van der Waals surface area contributed by atoms with E-state index in [1.807, 2.05) is 6.92 Å². The summed E-state index contributed by atoms with van der Waals surface area (Å²) < 4.78 is 1.78. The Morgan fingerprint density at radius 2 is 2.16 bits per heavy atom. The quantitative estimate of drug-likeness (QED) is 0.718. The van der Waals surface area contributed by atoms with Gasteiger partial charge >= 0.3 is 6.03 Å². The summed E-state index contributed by atoms with van der Waals surface area (Å²) in [5.41, 5.74) is 7.20. The van der Waals surface area contributed by atoms with Crippen molar-refractivity contribution in [2.45, 2.75) is 25.9 Å². The third kappa shape index (κ3) is 3.83. The maximum Gasteiger partial charge on any atom is 0.314 e. The average Bonchev–Trinajstić information content (AvgIpc) is 3.21. The van der Waals surface area contributed by atoms with Gasteiger partial charge in [-0.15, -0.1) is 0 Å². The van der Waals surface area contributed by atoms with E-state index in [2.05, 4.69) is 20.7 Å². The van der Waals surface area contributed by atoms with E-state index in [1.165, 1.54) is 0 Å². The summed E-state index contributed by atoms with van der Waals surface area (Å²) in [6.45, 7) is 3.78. The molecule has 1 aliphatic heterocycles. The zero-order chi connectivity index (χ0) is 17.3. The van der Waals surface area contributed by atoms with E-state index in [4.69, 9.17) is 5.73 Å². The van der Waals surface area contributed by atoms with Gasteiger partial charge in [-0.1, -0.05) is 0 Å². The molecule has 3 amide bonds. The normalized spacial score (nSPS) is 16.6. The fourth-order valence-electron chi connectivity index (χ4n) is 3.00. The molecule has 1 aliphatic rings. The van der Waals surface area contributed by atoms with Crippen molar-refractivity contribution in [3.63, 3.8) is 0 Å². The van der Waals surface area contributed by atoms with Crippen molar-refractivity contribution in [3.05, 3.63) is 18.0 Å². The number of carbonyl (C=O) groups is 2. The summed E-state index contributed by atoms with van der Waals surface area (Å²) in [5.74, 6) is -0.221. The van der Waals surface area contributed by atoms with Crippen molar-refractivity contribution < 1.29 is 47.3 Å². The van der Waals surface area contributed by atoms with Crippen molar-refractivity contribution in [3.8, 4) is 0 Å². The van der Waals surface area contributed by atoms with Gasteiger partial charge in [0.2, 0.25) is 0 Å². The summed E-state index contributed by atoms with van der Waals surface area (Å²) in [6, 6.07) is -0.402. The second-order valence-electron chi connectivity index (χ2n) is 5.74. The minimum absolute atomic E-state index is 0. The van der Waals surface area contributed by atoms with Gasteiger partial charge in [-0.2, -0.15) is 5.10 Å². The van der Waals surface area contributed by atoms with Crippen molar-refractivity contribution >= 4 is 28.7 Å². The smallest absolute Gasteiger partial charge is 0.314 e. The van der Waals surface area contributed by atoms with Gasteiger partial charge in [-0.25, -0.2) is 14.5 Å². The minimum atomic E-state index is -0.426. The number of hydrogen-bond acceptors (Lipinski definition) is 5. The van der Waals surface area contributed by atoms with Crippen LogP contribution >= 0.6 is 0 Å². The maximum absolute atomic E-state index is 12.2. The van der Waals surface area contributed by atoms with Crippen molar-refractivity contribution in [1.82, 2.24) is 25.0 Å². The van der Waals surface area contributed by atoms with E-state index in [-0.39, 0.29) is 49.7 Å². The first-order valence-corrected chi connectivity index (χ1v) is 7.92. The number of hydrogen-bond donors (Lipinski definition) is 3. The summed E-state index contributed by atoms with van der Waals surface area (Å²) >= 11 is 0. The van der Waals surface area contributed by atoms with Crippen LogP contribution < -0.4 is 16.4 Å². The predicted octanol–water partition coefficient (Wildman–Crippen LogP) is 0.376. The average molecular weight is 371 g/mol. The Morgan fingerprint density at radius 3 is 2.76 bits per heavy atom. The van der Waals surface area contributed by atoms with Crippen molar-refractivity contribution in [1.29, 1.82) is 0 Å². The molecule has 25 heavy (non-hydrogen) atoms. The number of nitrogens with two attached hydrogens (primary N) is 1. The summed E-state index contributed by atoms with van der Waals surface area (Å²) in [6.07, 6.45) is 4.03. The van der Waals surface area contributed by atoms with E-state index >= 15 is 0 Å². The molecule has 3 heterocycles. The van der Waals surface area contributed by atoms with E-state index in [0.29, 0.717) is 30.9 Å². The zero-order valence-electron chi connectivity index (χ0n) is 14.1. The molecule has 1 saturated heterocycles.